The number of halogens is 6. The molecule has 1 aliphatic heterocycles. The number of nitrogens with zero attached hydrogens (tertiary/aromatic N) is 3. The molecule has 1 aromatic carbocycles. The predicted octanol–water partition coefficient (Wildman–Crippen LogP) is 4.37. The topological polar surface area (TPSA) is 62.7 Å². The lowest BCUT2D eigenvalue weighted by Gasteiger charge is -2.29. The predicted molar refractivity (Wildman–Crippen MR) is 110 cm³/mol. The van der Waals surface area contributed by atoms with Gasteiger partial charge < -0.3 is 14.5 Å². The lowest BCUT2D eigenvalue weighted by Crippen LogP contribution is -2.45. The van der Waals surface area contributed by atoms with Crippen molar-refractivity contribution in [2.24, 2.45) is 5.92 Å². The lowest BCUT2D eigenvalue weighted by atomic mass is 10.0. The molecular formula is C21H19ClF5N3O3. The van der Waals surface area contributed by atoms with Gasteiger partial charge in [-0.25, -0.2) is 13.8 Å². The van der Waals surface area contributed by atoms with E-state index in [1.807, 2.05) is 0 Å². The quantitative estimate of drug-likeness (QED) is 0.361. The molecule has 12 heteroatoms. The molecule has 1 aliphatic rings. The zero-order valence-electron chi connectivity index (χ0n) is 17.7. The molecule has 178 valence electrons. The Hall–Kier alpha value is -2.95. The minimum atomic E-state index is -4.66. The fourth-order valence-electron chi connectivity index (χ4n) is 3.73. The van der Waals surface area contributed by atoms with Crippen molar-refractivity contribution in [2.75, 3.05) is 30.5 Å². The fourth-order valence-corrected chi connectivity index (χ4v) is 3.89. The first-order chi connectivity index (χ1) is 15.3. The highest BCUT2D eigenvalue weighted by molar-refractivity contribution is 6.31. The van der Waals surface area contributed by atoms with E-state index in [9.17, 15) is 31.5 Å². The SMILES string of the molecule is COC(=O)[C@H]1C[C@@H](C(=O)N(C)c2cc(Cl)c(F)cc2F)N(c2cc(C(F)(F)F)cc(C)n2)C1. The van der Waals surface area contributed by atoms with E-state index in [1.165, 1.54) is 18.9 Å². The molecule has 3 rings (SSSR count). The fraction of sp³-hybridized carbons (Fsp3) is 0.381. The summed E-state index contributed by atoms with van der Waals surface area (Å²) in [5.41, 5.74) is -1.25. The van der Waals surface area contributed by atoms with Crippen LogP contribution in [0.1, 0.15) is 17.7 Å². The first kappa shape index (κ1) is 24.7. The minimum Gasteiger partial charge on any atom is -0.469 e. The van der Waals surface area contributed by atoms with Gasteiger partial charge in [-0.1, -0.05) is 11.6 Å². The number of hydrogen-bond donors (Lipinski definition) is 0. The van der Waals surface area contributed by atoms with Crippen LogP contribution in [0.15, 0.2) is 24.3 Å². The molecule has 0 aliphatic carbocycles. The van der Waals surface area contributed by atoms with Crippen molar-refractivity contribution >= 4 is 35.0 Å². The summed E-state index contributed by atoms with van der Waals surface area (Å²) in [4.78, 5) is 31.7. The first-order valence-electron chi connectivity index (χ1n) is 9.66. The number of esters is 1. The van der Waals surface area contributed by atoms with Crippen molar-refractivity contribution < 1.29 is 36.3 Å². The van der Waals surface area contributed by atoms with Gasteiger partial charge in [0, 0.05) is 25.4 Å². The number of pyridine rings is 1. The Bertz CT molecular complexity index is 1100. The van der Waals surface area contributed by atoms with E-state index >= 15 is 0 Å². The maximum Gasteiger partial charge on any atom is 0.416 e. The molecule has 2 atom stereocenters. The molecule has 33 heavy (non-hydrogen) atoms. The third-order valence-electron chi connectivity index (χ3n) is 5.36. The van der Waals surface area contributed by atoms with Crippen LogP contribution in [-0.4, -0.2) is 43.6 Å². The van der Waals surface area contributed by atoms with Gasteiger partial charge in [-0.3, -0.25) is 9.59 Å². The van der Waals surface area contributed by atoms with Crippen LogP contribution in [0.4, 0.5) is 33.5 Å². The third kappa shape index (κ3) is 5.02. The average Bonchev–Trinajstić information content (AvgIpc) is 3.19. The molecule has 1 aromatic heterocycles. The lowest BCUT2D eigenvalue weighted by molar-refractivity contribution is -0.144. The second kappa shape index (κ2) is 9.12. The normalized spacial score (nSPS) is 18.4. The number of benzene rings is 1. The van der Waals surface area contributed by atoms with Crippen molar-refractivity contribution in [3.8, 4) is 0 Å². The van der Waals surface area contributed by atoms with Crippen LogP contribution < -0.4 is 9.80 Å². The number of amides is 1. The molecule has 0 spiro atoms. The van der Waals surface area contributed by atoms with E-state index in [1.54, 1.807) is 0 Å². The zero-order valence-corrected chi connectivity index (χ0v) is 18.5. The van der Waals surface area contributed by atoms with Crippen molar-refractivity contribution in [1.29, 1.82) is 0 Å². The number of likely N-dealkylation sites (N-methyl/N-ethyl adjacent to an activating group) is 1. The van der Waals surface area contributed by atoms with Crippen molar-refractivity contribution in [2.45, 2.75) is 25.6 Å². The summed E-state index contributed by atoms with van der Waals surface area (Å²) < 4.78 is 72.6. The Morgan fingerprint density at radius 3 is 2.45 bits per heavy atom. The number of methoxy groups -OCH3 is 1. The summed E-state index contributed by atoms with van der Waals surface area (Å²) in [5, 5.41) is -0.420. The summed E-state index contributed by atoms with van der Waals surface area (Å²) in [6.45, 7) is 1.22. The summed E-state index contributed by atoms with van der Waals surface area (Å²) >= 11 is 5.71. The number of hydrogen-bond acceptors (Lipinski definition) is 5. The second-order valence-corrected chi connectivity index (χ2v) is 8.00. The highest BCUT2D eigenvalue weighted by atomic mass is 35.5. The van der Waals surface area contributed by atoms with E-state index in [0.717, 1.165) is 30.2 Å². The van der Waals surface area contributed by atoms with E-state index in [2.05, 4.69) is 4.98 Å². The van der Waals surface area contributed by atoms with E-state index < -0.39 is 52.2 Å². The Morgan fingerprint density at radius 2 is 1.85 bits per heavy atom. The summed E-state index contributed by atoms with van der Waals surface area (Å²) in [5.74, 6) is -4.49. The van der Waals surface area contributed by atoms with Crippen molar-refractivity contribution in [1.82, 2.24) is 4.98 Å². The summed E-state index contributed by atoms with van der Waals surface area (Å²) in [6, 6.07) is 1.91. The number of aromatic nitrogens is 1. The first-order valence-corrected chi connectivity index (χ1v) is 10.0. The van der Waals surface area contributed by atoms with Crippen LogP contribution in [0.25, 0.3) is 0 Å². The molecule has 1 amide bonds. The van der Waals surface area contributed by atoms with Gasteiger partial charge >= 0.3 is 12.1 Å². The van der Waals surface area contributed by atoms with Crippen LogP contribution in [0, 0.1) is 24.5 Å². The van der Waals surface area contributed by atoms with Crippen molar-refractivity contribution in [3.63, 3.8) is 0 Å². The Labute approximate surface area is 190 Å². The van der Waals surface area contributed by atoms with Crippen LogP contribution >= 0.6 is 11.6 Å². The van der Waals surface area contributed by atoms with E-state index in [-0.39, 0.29) is 30.2 Å². The smallest absolute Gasteiger partial charge is 0.416 e. The molecule has 2 aromatic rings. The largest absolute Gasteiger partial charge is 0.469 e. The van der Waals surface area contributed by atoms with Gasteiger partial charge in [-0.2, -0.15) is 13.2 Å². The molecule has 1 saturated heterocycles. The van der Waals surface area contributed by atoms with Crippen LogP contribution in [0.2, 0.25) is 5.02 Å². The number of ether oxygens (including phenoxy) is 1. The molecular weight excluding hydrogens is 473 g/mol. The van der Waals surface area contributed by atoms with Gasteiger partial charge in [0.05, 0.1) is 29.3 Å². The Kier molecular flexibility index (Phi) is 6.83. The van der Waals surface area contributed by atoms with Crippen LogP contribution in [0.5, 0.6) is 0 Å². The number of alkyl halides is 3. The molecule has 6 nitrogen and oxygen atoms in total. The van der Waals surface area contributed by atoms with E-state index in [0.29, 0.717) is 6.07 Å². The Balaban J connectivity index is 2.03. The second-order valence-electron chi connectivity index (χ2n) is 7.59. The zero-order chi connectivity index (χ0) is 24.7. The number of aryl methyl sites for hydroxylation is 1. The monoisotopic (exact) mass is 491 g/mol. The van der Waals surface area contributed by atoms with Crippen LogP contribution in [0.3, 0.4) is 0 Å². The molecule has 1 fully saturated rings. The average molecular weight is 492 g/mol. The third-order valence-corrected chi connectivity index (χ3v) is 5.65. The van der Waals surface area contributed by atoms with Gasteiger partial charge in [-0.15, -0.1) is 0 Å². The number of carbonyl (C=O) groups excluding carboxylic acids is 2. The van der Waals surface area contributed by atoms with Gasteiger partial charge in [0.2, 0.25) is 5.91 Å². The highest BCUT2D eigenvalue weighted by Crippen LogP contribution is 2.36. The molecule has 0 saturated carbocycles. The maximum absolute atomic E-state index is 14.3. The molecule has 0 bridgehead atoms. The number of rotatable bonds is 4. The van der Waals surface area contributed by atoms with Gasteiger partial charge in [0.25, 0.3) is 0 Å². The molecule has 0 N–H and O–H groups in total. The Morgan fingerprint density at radius 1 is 1.18 bits per heavy atom. The standard InChI is InChI=1S/C21H19ClF5N3O3/c1-10-4-12(21(25,26)27)6-18(28-10)30-9-11(20(32)33-3)5-17(30)19(31)29(2)16-7-13(22)14(23)8-15(16)24/h4,6-8,11,17H,5,9H2,1-3H3/t11-,17-/m0/s1. The summed E-state index contributed by atoms with van der Waals surface area (Å²) in [6.07, 6.45) is -4.77. The molecule has 0 radical (unpaired) electrons. The molecule has 0 unspecified atom stereocenters. The number of anilines is 2. The van der Waals surface area contributed by atoms with E-state index in [4.69, 9.17) is 16.3 Å². The minimum absolute atomic E-state index is 0.0530. The van der Waals surface area contributed by atoms with Gasteiger partial charge in [-0.05, 0) is 31.5 Å². The highest BCUT2D eigenvalue weighted by Gasteiger charge is 2.43. The van der Waals surface area contributed by atoms with Gasteiger partial charge in [0.1, 0.15) is 23.5 Å². The maximum atomic E-state index is 14.3. The summed E-state index contributed by atoms with van der Waals surface area (Å²) in [7, 11) is 2.36. The van der Waals surface area contributed by atoms with Crippen LogP contribution in [-0.2, 0) is 20.5 Å². The molecule has 2 heterocycles. The van der Waals surface area contributed by atoms with Crippen molar-refractivity contribution in [3.05, 3.63) is 52.2 Å². The van der Waals surface area contributed by atoms with Gasteiger partial charge in [0.15, 0.2) is 0 Å². The number of carbonyl (C=O) groups is 2.